The van der Waals surface area contributed by atoms with E-state index in [1.54, 1.807) is 50.6 Å². The van der Waals surface area contributed by atoms with Crippen LogP contribution < -0.4 is 9.47 Å². The number of hydrogen-bond acceptors (Lipinski definition) is 5. The molecular weight excluding hydrogens is 348 g/mol. The molecule has 0 radical (unpaired) electrons. The average molecular weight is 366 g/mol. The Bertz CT molecular complexity index is 1070. The fourth-order valence-corrected chi connectivity index (χ4v) is 2.86. The van der Waals surface area contributed by atoms with E-state index in [0.29, 0.717) is 22.8 Å². The van der Waals surface area contributed by atoms with E-state index < -0.39 is 5.97 Å². The van der Waals surface area contributed by atoms with Crippen LogP contribution in [0, 0.1) is 0 Å². The van der Waals surface area contributed by atoms with Gasteiger partial charge < -0.3 is 14.6 Å². The van der Waals surface area contributed by atoms with Gasteiger partial charge in [-0.3, -0.25) is 9.36 Å². The van der Waals surface area contributed by atoms with E-state index >= 15 is 0 Å². The summed E-state index contributed by atoms with van der Waals surface area (Å²) >= 11 is 0. The van der Waals surface area contributed by atoms with Gasteiger partial charge in [0, 0.05) is 6.92 Å². The summed E-state index contributed by atoms with van der Waals surface area (Å²) < 4.78 is 11.9. The monoisotopic (exact) mass is 366 g/mol. The molecule has 1 N–H and O–H groups in total. The van der Waals surface area contributed by atoms with Gasteiger partial charge >= 0.3 is 5.97 Å². The summed E-state index contributed by atoms with van der Waals surface area (Å²) in [5, 5.41) is 9.36. The van der Waals surface area contributed by atoms with Crippen molar-refractivity contribution in [1.82, 2.24) is 9.55 Å². The van der Waals surface area contributed by atoms with Gasteiger partial charge in [0.05, 0.1) is 25.3 Å². The number of para-hydroxylation sites is 1. The molecule has 7 heteroatoms. The average Bonchev–Trinajstić information content (AvgIpc) is 3.04. The number of carboxylic acids is 1. The number of carbonyl (C=O) groups is 2. The van der Waals surface area contributed by atoms with Crippen molar-refractivity contribution < 1.29 is 24.2 Å². The highest BCUT2D eigenvalue weighted by molar-refractivity contribution is 6.04. The van der Waals surface area contributed by atoms with Crippen molar-refractivity contribution in [3.8, 4) is 11.5 Å². The lowest BCUT2D eigenvalue weighted by atomic mass is 10.2. The minimum atomic E-state index is -1.09. The van der Waals surface area contributed by atoms with Crippen LogP contribution in [0.15, 0.2) is 36.4 Å². The van der Waals surface area contributed by atoms with Crippen LogP contribution in [0.2, 0.25) is 0 Å². The molecule has 0 fully saturated rings. The van der Waals surface area contributed by atoms with Gasteiger partial charge in [0.15, 0.2) is 11.5 Å². The van der Waals surface area contributed by atoms with Gasteiger partial charge in [0.2, 0.25) is 5.91 Å². The van der Waals surface area contributed by atoms with Crippen molar-refractivity contribution >= 4 is 35.1 Å². The molecule has 138 valence electrons. The number of carbonyl (C=O) groups excluding carboxylic acids is 1. The van der Waals surface area contributed by atoms with Gasteiger partial charge in [-0.15, -0.1) is 0 Å². The lowest BCUT2D eigenvalue weighted by molar-refractivity contribution is 0.0698. The summed E-state index contributed by atoms with van der Waals surface area (Å²) in [6.07, 6.45) is 3.43. The standard InChI is InChI=1S/C20H18N2O5/c1-12(23)22-15-6-4-5-14(20(24)25)19(15)21-18(22)10-8-13-7-9-16(26-2)17(11-13)27-3/h4-11H,1-3H3,(H,24,25). The van der Waals surface area contributed by atoms with E-state index in [1.165, 1.54) is 17.6 Å². The van der Waals surface area contributed by atoms with Crippen LogP contribution in [0.1, 0.15) is 33.5 Å². The Morgan fingerprint density at radius 1 is 1.07 bits per heavy atom. The number of aromatic nitrogens is 2. The molecule has 3 aromatic rings. The maximum absolute atomic E-state index is 12.1. The summed E-state index contributed by atoms with van der Waals surface area (Å²) in [7, 11) is 3.11. The predicted octanol–water partition coefficient (Wildman–Crippen LogP) is 3.58. The maximum atomic E-state index is 12.1. The zero-order valence-corrected chi connectivity index (χ0v) is 15.1. The minimum absolute atomic E-state index is 0.0493. The smallest absolute Gasteiger partial charge is 0.337 e. The Labute approximate surface area is 155 Å². The predicted molar refractivity (Wildman–Crippen MR) is 101 cm³/mol. The van der Waals surface area contributed by atoms with E-state index in [1.807, 2.05) is 6.07 Å². The van der Waals surface area contributed by atoms with E-state index in [9.17, 15) is 14.7 Å². The lowest BCUT2D eigenvalue weighted by Crippen LogP contribution is -2.07. The number of nitrogens with zero attached hydrogens (tertiary/aromatic N) is 2. The zero-order valence-electron chi connectivity index (χ0n) is 15.1. The maximum Gasteiger partial charge on any atom is 0.337 e. The summed E-state index contributed by atoms with van der Waals surface area (Å²) in [6, 6.07) is 10.1. The van der Waals surface area contributed by atoms with Crippen LogP contribution in [0.5, 0.6) is 11.5 Å². The Morgan fingerprint density at radius 3 is 2.44 bits per heavy atom. The normalized spacial score (nSPS) is 11.1. The van der Waals surface area contributed by atoms with Gasteiger partial charge in [0.1, 0.15) is 11.3 Å². The molecule has 7 nitrogen and oxygen atoms in total. The summed E-state index contributed by atoms with van der Waals surface area (Å²) in [5.41, 5.74) is 1.59. The molecule has 0 amide bonds. The lowest BCUT2D eigenvalue weighted by Gasteiger charge is -2.07. The number of imidazole rings is 1. The van der Waals surface area contributed by atoms with Crippen LogP contribution in [0.4, 0.5) is 0 Å². The Hall–Kier alpha value is -3.61. The molecule has 0 atom stereocenters. The molecular formula is C20H18N2O5. The van der Waals surface area contributed by atoms with Crippen molar-refractivity contribution in [3.05, 3.63) is 53.3 Å². The first kappa shape index (κ1) is 18.2. The van der Waals surface area contributed by atoms with Crippen LogP contribution >= 0.6 is 0 Å². The molecule has 0 bridgehead atoms. The molecule has 3 rings (SSSR count). The molecule has 2 aromatic carbocycles. The highest BCUT2D eigenvalue weighted by Gasteiger charge is 2.17. The second-order valence-electron chi connectivity index (χ2n) is 5.75. The highest BCUT2D eigenvalue weighted by Crippen LogP contribution is 2.28. The van der Waals surface area contributed by atoms with Crippen molar-refractivity contribution in [3.63, 3.8) is 0 Å². The number of rotatable bonds is 5. The van der Waals surface area contributed by atoms with Crippen molar-refractivity contribution in [2.75, 3.05) is 14.2 Å². The molecule has 0 spiro atoms. The second kappa shape index (κ2) is 7.33. The molecule has 0 unspecified atom stereocenters. The van der Waals surface area contributed by atoms with Gasteiger partial charge in [0.25, 0.3) is 0 Å². The highest BCUT2D eigenvalue weighted by atomic mass is 16.5. The Kier molecular flexibility index (Phi) is 4.94. The Morgan fingerprint density at radius 2 is 1.81 bits per heavy atom. The van der Waals surface area contributed by atoms with Gasteiger partial charge in [-0.05, 0) is 35.9 Å². The zero-order chi connectivity index (χ0) is 19.6. The molecule has 27 heavy (non-hydrogen) atoms. The first-order valence-electron chi connectivity index (χ1n) is 8.12. The molecule has 0 aliphatic carbocycles. The number of carboxylic acid groups (broad SMARTS) is 1. The van der Waals surface area contributed by atoms with Crippen molar-refractivity contribution in [2.24, 2.45) is 0 Å². The molecule has 0 saturated heterocycles. The van der Waals surface area contributed by atoms with Gasteiger partial charge in [-0.1, -0.05) is 18.2 Å². The van der Waals surface area contributed by atoms with Crippen LogP contribution in [0.25, 0.3) is 23.2 Å². The third kappa shape index (κ3) is 3.39. The summed E-state index contributed by atoms with van der Waals surface area (Å²) in [5.74, 6) is 0.182. The first-order chi connectivity index (χ1) is 13.0. The number of fused-ring (bicyclic) bond motifs is 1. The van der Waals surface area contributed by atoms with E-state index in [-0.39, 0.29) is 17.0 Å². The number of benzene rings is 2. The van der Waals surface area contributed by atoms with Crippen LogP contribution in [-0.4, -0.2) is 40.8 Å². The van der Waals surface area contributed by atoms with E-state index in [4.69, 9.17) is 9.47 Å². The van der Waals surface area contributed by atoms with E-state index in [0.717, 1.165) is 5.56 Å². The first-order valence-corrected chi connectivity index (χ1v) is 8.12. The molecule has 0 aliphatic rings. The largest absolute Gasteiger partial charge is 0.493 e. The quantitative estimate of drug-likeness (QED) is 0.742. The molecule has 1 heterocycles. The molecule has 0 saturated carbocycles. The van der Waals surface area contributed by atoms with Crippen molar-refractivity contribution in [1.29, 1.82) is 0 Å². The number of methoxy groups -OCH3 is 2. The minimum Gasteiger partial charge on any atom is -0.493 e. The molecule has 0 aliphatic heterocycles. The number of hydrogen-bond donors (Lipinski definition) is 1. The van der Waals surface area contributed by atoms with Gasteiger partial charge in [-0.2, -0.15) is 0 Å². The number of ether oxygens (including phenoxy) is 2. The topological polar surface area (TPSA) is 90.6 Å². The third-order valence-corrected chi connectivity index (χ3v) is 4.09. The van der Waals surface area contributed by atoms with Crippen molar-refractivity contribution in [2.45, 2.75) is 6.92 Å². The summed E-state index contributed by atoms with van der Waals surface area (Å²) in [4.78, 5) is 27.9. The van der Waals surface area contributed by atoms with E-state index in [2.05, 4.69) is 4.98 Å². The second-order valence-corrected chi connectivity index (χ2v) is 5.75. The van der Waals surface area contributed by atoms with Gasteiger partial charge in [-0.25, -0.2) is 9.78 Å². The SMILES string of the molecule is COc1ccc(C=Cc2nc3c(C(=O)O)cccc3n2C(C)=O)cc1OC. The fourth-order valence-electron chi connectivity index (χ4n) is 2.86. The summed E-state index contributed by atoms with van der Waals surface area (Å²) in [6.45, 7) is 1.41. The van der Waals surface area contributed by atoms with Crippen LogP contribution in [0.3, 0.4) is 0 Å². The third-order valence-electron chi connectivity index (χ3n) is 4.09. The molecule has 1 aromatic heterocycles. The van der Waals surface area contributed by atoms with Crippen LogP contribution in [-0.2, 0) is 0 Å². The Balaban J connectivity index is 2.10. The fraction of sp³-hybridized carbons (Fsp3) is 0.150. The number of aromatic carboxylic acids is 1.